The highest BCUT2D eigenvalue weighted by molar-refractivity contribution is 5.98. The molecule has 1 fully saturated rings. The van der Waals surface area contributed by atoms with E-state index in [0.717, 1.165) is 25.0 Å². The van der Waals surface area contributed by atoms with Crippen molar-refractivity contribution in [3.8, 4) is 5.75 Å². The number of hydrogen-bond acceptors (Lipinski definition) is 4. The maximum Gasteiger partial charge on any atom is 0.220 e. The van der Waals surface area contributed by atoms with Gasteiger partial charge in [-0.2, -0.15) is 0 Å². The maximum absolute atomic E-state index is 12.1. The molecule has 0 radical (unpaired) electrons. The standard InChI is InChI=1S/C18H26N2O3/c1-2-11-23-15-7-5-14(6-8-15)17(21)9-10-18(22)20-16(12-19)13-3-4-13/h5-8,13,16H,2-4,9-12,19H2,1H3,(H,20,22). The Morgan fingerprint density at radius 3 is 2.52 bits per heavy atom. The van der Waals surface area contributed by atoms with Gasteiger partial charge in [-0.25, -0.2) is 0 Å². The van der Waals surface area contributed by atoms with E-state index in [1.165, 1.54) is 0 Å². The monoisotopic (exact) mass is 318 g/mol. The molecule has 1 aromatic carbocycles. The number of ketones is 1. The molecule has 0 spiro atoms. The van der Waals surface area contributed by atoms with Gasteiger partial charge in [0.05, 0.1) is 6.61 Å². The second-order valence-corrected chi connectivity index (χ2v) is 6.04. The molecule has 1 aliphatic rings. The van der Waals surface area contributed by atoms with Crippen molar-refractivity contribution in [1.82, 2.24) is 5.32 Å². The molecule has 1 aliphatic carbocycles. The molecule has 2 rings (SSSR count). The molecule has 3 N–H and O–H groups in total. The number of carbonyl (C=O) groups excluding carboxylic acids is 2. The van der Waals surface area contributed by atoms with Crippen molar-refractivity contribution in [2.45, 2.75) is 45.1 Å². The Balaban J connectivity index is 1.76. The fraction of sp³-hybridized carbons (Fsp3) is 0.556. The number of amides is 1. The summed E-state index contributed by atoms with van der Waals surface area (Å²) < 4.78 is 5.49. The predicted octanol–water partition coefficient (Wildman–Crippen LogP) is 2.29. The maximum atomic E-state index is 12.1. The van der Waals surface area contributed by atoms with E-state index in [1.807, 2.05) is 6.92 Å². The Morgan fingerprint density at radius 1 is 1.26 bits per heavy atom. The molecule has 1 saturated carbocycles. The van der Waals surface area contributed by atoms with Crippen molar-refractivity contribution in [3.63, 3.8) is 0 Å². The zero-order valence-corrected chi connectivity index (χ0v) is 13.7. The van der Waals surface area contributed by atoms with Gasteiger partial charge in [-0.3, -0.25) is 9.59 Å². The van der Waals surface area contributed by atoms with E-state index in [1.54, 1.807) is 24.3 Å². The number of ether oxygens (including phenoxy) is 1. The highest BCUT2D eigenvalue weighted by Crippen LogP contribution is 2.32. The van der Waals surface area contributed by atoms with E-state index >= 15 is 0 Å². The lowest BCUT2D eigenvalue weighted by Gasteiger charge is -2.15. The van der Waals surface area contributed by atoms with Crippen molar-refractivity contribution < 1.29 is 14.3 Å². The lowest BCUT2D eigenvalue weighted by Crippen LogP contribution is -2.41. The van der Waals surface area contributed by atoms with Crippen LogP contribution >= 0.6 is 0 Å². The summed E-state index contributed by atoms with van der Waals surface area (Å²) in [6.45, 7) is 3.17. The fourth-order valence-corrected chi connectivity index (χ4v) is 2.48. The molecule has 1 amide bonds. The van der Waals surface area contributed by atoms with Gasteiger partial charge < -0.3 is 15.8 Å². The van der Waals surface area contributed by atoms with Crippen LogP contribution in [0.3, 0.4) is 0 Å². The molecule has 0 bridgehead atoms. The van der Waals surface area contributed by atoms with E-state index in [-0.39, 0.29) is 30.6 Å². The normalized spacial score (nSPS) is 15.0. The number of hydrogen-bond donors (Lipinski definition) is 2. The molecular weight excluding hydrogens is 292 g/mol. The largest absolute Gasteiger partial charge is 0.494 e. The first-order valence-electron chi connectivity index (χ1n) is 8.39. The molecule has 0 saturated heterocycles. The molecule has 1 unspecified atom stereocenters. The Bertz CT molecular complexity index is 524. The Morgan fingerprint density at radius 2 is 1.96 bits per heavy atom. The molecule has 0 aliphatic heterocycles. The van der Waals surface area contributed by atoms with Crippen LogP contribution in [0.5, 0.6) is 5.75 Å². The quantitative estimate of drug-likeness (QED) is 0.649. The van der Waals surface area contributed by atoms with Crippen LogP contribution in [0.25, 0.3) is 0 Å². The van der Waals surface area contributed by atoms with Gasteiger partial charge in [0, 0.05) is 31.0 Å². The van der Waals surface area contributed by atoms with Crippen molar-refractivity contribution in [1.29, 1.82) is 0 Å². The van der Waals surface area contributed by atoms with Gasteiger partial charge in [0.2, 0.25) is 5.91 Å². The number of nitrogens with one attached hydrogen (secondary N) is 1. The topological polar surface area (TPSA) is 81.4 Å². The van der Waals surface area contributed by atoms with E-state index in [9.17, 15) is 9.59 Å². The minimum absolute atomic E-state index is 0.0297. The number of benzene rings is 1. The highest BCUT2D eigenvalue weighted by atomic mass is 16.5. The average molecular weight is 318 g/mol. The lowest BCUT2D eigenvalue weighted by molar-refractivity contribution is -0.121. The van der Waals surface area contributed by atoms with Crippen molar-refractivity contribution in [2.75, 3.05) is 13.2 Å². The van der Waals surface area contributed by atoms with Crippen LogP contribution in [0, 0.1) is 5.92 Å². The smallest absolute Gasteiger partial charge is 0.220 e. The second-order valence-electron chi connectivity index (χ2n) is 6.04. The summed E-state index contributed by atoms with van der Waals surface area (Å²) >= 11 is 0. The summed E-state index contributed by atoms with van der Waals surface area (Å²) in [5.74, 6) is 1.16. The molecule has 5 nitrogen and oxygen atoms in total. The van der Waals surface area contributed by atoms with Crippen LogP contribution in [0.15, 0.2) is 24.3 Å². The van der Waals surface area contributed by atoms with Gasteiger partial charge in [0.15, 0.2) is 5.78 Å². The van der Waals surface area contributed by atoms with Crippen LogP contribution in [0.1, 0.15) is 49.4 Å². The average Bonchev–Trinajstić information content (AvgIpc) is 3.41. The molecule has 5 heteroatoms. The first-order chi connectivity index (χ1) is 11.1. The van der Waals surface area contributed by atoms with Crippen molar-refractivity contribution in [2.24, 2.45) is 11.7 Å². The first kappa shape index (κ1) is 17.5. The van der Waals surface area contributed by atoms with Crippen LogP contribution in [-0.4, -0.2) is 30.9 Å². The minimum Gasteiger partial charge on any atom is -0.494 e. The highest BCUT2D eigenvalue weighted by Gasteiger charge is 2.31. The van der Waals surface area contributed by atoms with Crippen LogP contribution < -0.4 is 15.8 Å². The van der Waals surface area contributed by atoms with E-state index < -0.39 is 0 Å². The molecule has 0 heterocycles. The SMILES string of the molecule is CCCOc1ccc(C(=O)CCC(=O)NC(CN)C2CC2)cc1. The summed E-state index contributed by atoms with van der Waals surface area (Å²) in [5.41, 5.74) is 6.27. The fourth-order valence-electron chi connectivity index (χ4n) is 2.48. The van der Waals surface area contributed by atoms with E-state index in [0.29, 0.717) is 24.6 Å². The third kappa shape index (κ3) is 5.67. The van der Waals surface area contributed by atoms with Crippen LogP contribution in [-0.2, 0) is 4.79 Å². The van der Waals surface area contributed by atoms with Crippen LogP contribution in [0.4, 0.5) is 0 Å². The predicted molar refractivity (Wildman–Crippen MR) is 89.5 cm³/mol. The van der Waals surface area contributed by atoms with Gasteiger partial charge in [0.25, 0.3) is 0 Å². The summed E-state index contributed by atoms with van der Waals surface area (Å²) in [6.07, 6.45) is 3.63. The number of carbonyl (C=O) groups is 2. The Hall–Kier alpha value is -1.88. The zero-order chi connectivity index (χ0) is 16.7. The summed E-state index contributed by atoms with van der Waals surface area (Å²) in [7, 11) is 0. The molecule has 23 heavy (non-hydrogen) atoms. The van der Waals surface area contributed by atoms with Crippen molar-refractivity contribution in [3.05, 3.63) is 29.8 Å². The zero-order valence-electron chi connectivity index (χ0n) is 13.7. The third-order valence-corrected chi connectivity index (χ3v) is 4.02. The molecular formula is C18H26N2O3. The molecule has 1 atom stereocenters. The lowest BCUT2D eigenvalue weighted by atomic mass is 10.1. The Labute approximate surface area is 137 Å². The molecule has 0 aromatic heterocycles. The molecule has 126 valence electrons. The third-order valence-electron chi connectivity index (χ3n) is 4.02. The van der Waals surface area contributed by atoms with Crippen molar-refractivity contribution >= 4 is 11.7 Å². The second kappa shape index (κ2) is 8.67. The minimum atomic E-state index is -0.0939. The van der Waals surface area contributed by atoms with Crippen LogP contribution in [0.2, 0.25) is 0 Å². The first-order valence-corrected chi connectivity index (χ1v) is 8.39. The summed E-state index contributed by atoms with van der Waals surface area (Å²) in [4.78, 5) is 24.0. The number of nitrogens with two attached hydrogens (primary N) is 1. The van der Waals surface area contributed by atoms with Gasteiger partial charge in [-0.1, -0.05) is 6.92 Å². The summed E-state index contributed by atoms with van der Waals surface area (Å²) in [5, 5.41) is 2.93. The van der Waals surface area contributed by atoms with E-state index in [4.69, 9.17) is 10.5 Å². The summed E-state index contributed by atoms with van der Waals surface area (Å²) in [6, 6.07) is 7.14. The van der Waals surface area contributed by atoms with Gasteiger partial charge in [-0.05, 0) is 49.4 Å². The number of Topliss-reactive ketones (excluding diaryl/α,β-unsaturated/α-hetero) is 1. The van der Waals surface area contributed by atoms with Gasteiger partial charge >= 0.3 is 0 Å². The number of rotatable bonds is 10. The van der Waals surface area contributed by atoms with E-state index in [2.05, 4.69) is 5.32 Å². The molecule has 1 aromatic rings. The van der Waals surface area contributed by atoms with Gasteiger partial charge in [0.1, 0.15) is 5.75 Å². The van der Waals surface area contributed by atoms with Gasteiger partial charge in [-0.15, -0.1) is 0 Å². The Kier molecular flexibility index (Phi) is 6.59.